The van der Waals surface area contributed by atoms with E-state index in [2.05, 4.69) is 5.32 Å². The molecule has 1 aliphatic heterocycles. The number of nitrogens with one attached hydrogen (secondary N) is 1. The standard InChI is InChI=1S/C30H34N4O5S3/c1-4-16-34(17-5-2)42(37,38)21-13-11-20(12-14-21)27(35)32-29-26(28-31-23-9-7-8-10-24(23)40-28)22-15-18-33(19-25(22)41-29)30(36)39-6-3/h7-14H,4-6,15-19H2,1-3H3,(H,32,35). The van der Waals surface area contributed by atoms with E-state index in [1.807, 2.05) is 38.1 Å². The van der Waals surface area contributed by atoms with Crippen molar-refractivity contribution in [1.29, 1.82) is 0 Å². The largest absolute Gasteiger partial charge is 0.450 e. The minimum Gasteiger partial charge on any atom is -0.450 e. The van der Waals surface area contributed by atoms with Gasteiger partial charge in [-0.15, -0.1) is 22.7 Å². The maximum Gasteiger partial charge on any atom is 0.410 e. The maximum absolute atomic E-state index is 13.5. The van der Waals surface area contributed by atoms with Crippen LogP contribution >= 0.6 is 22.7 Å². The third-order valence-electron chi connectivity index (χ3n) is 7.02. The van der Waals surface area contributed by atoms with E-state index in [1.54, 1.807) is 35.3 Å². The third-order valence-corrected chi connectivity index (χ3v) is 11.1. The van der Waals surface area contributed by atoms with Crippen LogP contribution in [0.2, 0.25) is 0 Å². The van der Waals surface area contributed by atoms with Gasteiger partial charge in [0.25, 0.3) is 5.91 Å². The van der Waals surface area contributed by atoms with Crippen LogP contribution < -0.4 is 5.32 Å². The molecular formula is C30H34N4O5S3. The molecule has 4 aromatic rings. The Morgan fingerprint density at radius 1 is 1.02 bits per heavy atom. The molecule has 0 bridgehead atoms. The number of thiazole rings is 1. The number of carbonyl (C=O) groups excluding carboxylic acids is 2. The van der Waals surface area contributed by atoms with Gasteiger partial charge in [0.15, 0.2) is 0 Å². The molecule has 0 saturated heterocycles. The summed E-state index contributed by atoms with van der Waals surface area (Å²) in [5, 5.41) is 4.53. The second-order valence-electron chi connectivity index (χ2n) is 9.95. The van der Waals surface area contributed by atoms with Gasteiger partial charge in [0, 0.05) is 35.6 Å². The normalized spacial score (nSPS) is 13.4. The van der Waals surface area contributed by atoms with Gasteiger partial charge < -0.3 is 15.0 Å². The molecule has 0 unspecified atom stereocenters. The number of rotatable bonds is 10. The molecule has 1 aliphatic rings. The quantitative estimate of drug-likeness (QED) is 0.212. The molecule has 222 valence electrons. The van der Waals surface area contributed by atoms with Gasteiger partial charge in [-0.2, -0.15) is 4.31 Å². The number of carbonyl (C=O) groups is 2. The molecular weight excluding hydrogens is 593 g/mol. The molecule has 0 aliphatic carbocycles. The first-order valence-electron chi connectivity index (χ1n) is 14.1. The Labute approximate surface area is 254 Å². The zero-order valence-corrected chi connectivity index (χ0v) is 26.3. The van der Waals surface area contributed by atoms with E-state index in [9.17, 15) is 18.0 Å². The number of thiophene rings is 1. The summed E-state index contributed by atoms with van der Waals surface area (Å²) >= 11 is 3.00. The van der Waals surface area contributed by atoms with Gasteiger partial charge in [-0.3, -0.25) is 4.79 Å². The molecule has 0 atom stereocenters. The molecule has 2 amide bonds. The Morgan fingerprint density at radius 3 is 2.40 bits per heavy atom. The van der Waals surface area contributed by atoms with Crippen molar-refractivity contribution in [3.8, 4) is 10.6 Å². The summed E-state index contributed by atoms with van der Waals surface area (Å²) in [5.74, 6) is -0.346. The Kier molecular flexibility index (Phi) is 9.26. The van der Waals surface area contributed by atoms with E-state index < -0.39 is 10.0 Å². The van der Waals surface area contributed by atoms with Crippen molar-refractivity contribution < 1.29 is 22.7 Å². The number of fused-ring (bicyclic) bond motifs is 2. The van der Waals surface area contributed by atoms with E-state index in [-0.39, 0.29) is 16.9 Å². The number of sulfonamides is 1. The summed E-state index contributed by atoms with van der Waals surface area (Å²) in [6.07, 6.45) is 1.71. The molecule has 3 heterocycles. The fraction of sp³-hybridized carbons (Fsp3) is 0.367. The summed E-state index contributed by atoms with van der Waals surface area (Å²) in [4.78, 5) is 33.6. The van der Waals surface area contributed by atoms with Gasteiger partial charge in [-0.25, -0.2) is 18.2 Å². The summed E-state index contributed by atoms with van der Waals surface area (Å²) in [6, 6.07) is 14.0. The van der Waals surface area contributed by atoms with Gasteiger partial charge in [-0.1, -0.05) is 26.0 Å². The first-order valence-corrected chi connectivity index (χ1v) is 17.2. The van der Waals surface area contributed by atoms with Crippen molar-refractivity contribution in [3.05, 3.63) is 64.5 Å². The molecule has 2 aromatic heterocycles. The first kappa shape index (κ1) is 30.1. The zero-order valence-electron chi connectivity index (χ0n) is 23.9. The number of para-hydroxylation sites is 1. The zero-order chi connectivity index (χ0) is 29.9. The number of aromatic nitrogens is 1. The summed E-state index contributed by atoms with van der Waals surface area (Å²) in [7, 11) is -3.65. The SMILES string of the molecule is CCCN(CCC)S(=O)(=O)c1ccc(C(=O)Nc2sc3c(c2-c2nc4ccccc4s2)CCN(C(=O)OCC)C3)cc1. The molecule has 12 heteroatoms. The molecule has 0 fully saturated rings. The van der Waals surface area contributed by atoms with Crippen LogP contribution in [-0.4, -0.2) is 60.8 Å². The Balaban J connectivity index is 1.45. The third kappa shape index (κ3) is 6.07. The number of benzene rings is 2. The smallest absolute Gasteiger partial charge is 0.410 e. The van der Waals surface area contributed by atoms with Crippen LogP contribution in [0.1, 0.15) is 54.4 Å². The number of ether oxygens (including phenoxy) is 1. The fourth-order valence-electron chi connectivity index (χ4n) is 5.02. The van der Waals surface area contributed by atoms with Crippen molar-refractivity contribution >= 4 is 59.9 Å². The van der Waals surface area contributed by atoms with E-state index in [4.69, 9.17) is 9.72 Å². The molecule has 2 aromatic carbocycles. The maximum atomic E-state index is 13.5. The molecule has 0 saturated carbocycles. The highest BCUT2D eigenvalue weighted by Crippen LogP contribution is 2.46. The second kappa shape index (κ2) is 12.9. The number of hydrogen-bond donors (Lipinski definition) is 1. The van der Waals surface area contributed by atoms with E-state index >= 15 is 0 Å². The van der Waals surface area contributed by atoms with Gasteiger partial charge in [-0.05, 0) is 68.1 Å². The molecule has 42 heavy (non-hydrogen) atoms. The Morgan fingerprint density at radius 2 is 1.74 bits per heavy atom. The Bertz CT molecular complexity index is 1660. The van der Waals surface area contributed by atoms with Crippen LogP contribution in [0, 0.1) is 0 Å². The second-order valence-corrected chi connectivity index (χ2v) is 14.0. The Hall–Kier alpha value is -3.32. The van der Waals surface area contributed by atoms with E-state index in [1.165, 1.54) is 27.8 Å². The number of amides is 2. The highest BCUT2D eigenvalue weighted by atomic mass is 32.2. The van der Waals surface area contributed by atoms with Crippen LogP contribution in [0.4, 0.5) is 9.80 Å². The minimum absolute atomic E-state index is 0.168. The number of hydrogen-bond acceptors (Lipinski definition) is 8. The van der Waals surface area contributed by atoms with Crippen molar-refractivity contribution in [2.45, 2.75) is 51.5 Å². The lowest BCUT2D eigenvalue weighted by atomic mass is 10.0. The summed E-state index contributed by atoms with van der Waals surface area (Å²) in [6.45, 7) is 7.79. The van der Waals surface area contributed by atoms with Crippen LogP contribution in [-0.2, 0) is 27.7 Å². The van der Waals surface area contributed by atoms with Gasteiger partial charge in [0.1, 0.15) is 10.0 Å². The van der Waals surface area contributed by atoms with E-state index in [0.717, 1.165) is 44.1 Å². The molecule has 1 N–H and O–H groups in total. The van der Waals surface area contributed by atoms with E-state index in [0.29, 0.717) is 49.8 Å². The molecule has 5 rings (SSSR count). The predicted octanol–water partition coefficient (Wildman–Crippen LogP) is 6.60. The van der Waals surface area contributed by atoms with Crippen LogP contribution in [0.5, 0.6) is 0 Å². The lowest BCUT2D eigenvalue weighted by molar-refractivity contribution is 0.102. The topological polar surface area (TPSA) is 109 Å². The van der Waals surface area contributed by atoms with Crippen molar-refractivity contribution in [2.75, 3.05) is 31.6 Å². The van der Waals surface area contributed by atoms with Gasteiger partial charge in [0.05, 0.1) is 28.3 Å². The van der Waals surface area contributed by atoms with Crippen LogP contribution in [0.15, 0.2) is 53.4 Å². The average Bonchev–Trinajstić information content (AvgIpc) is 3.57. The monoisotopic (exact) mass is 626 g/mol. The highest BCUT2D eigenvalue weighted by molar-refractivity contribution is 7.89. The highest BCUT2D eigenvalue weighted by Gasteiger charge is 2.30. The molecule has 0 radical (unpaired) electrons. The molecule has 9 nitrogen and oxygen atoms in total. The first-order chi connectivity index (χ1) is 20.3. The van der Waals surface area contributed by atoms with Crippen molar-refractivity contribution in [1.82, 2.24) is 14.2 Å². The predicted molar refractivity (Wildman–Crippen MR) is 168 cm³/mol. The van der Waals surface area contributed by atoms with Crippen molar-refractivity contribution in [3.63, 3.8) is 0 Å². The van der Waals surface area contributed by atoms with Gasteiger partial charge in [0.2, 0.25) is 10.0 Å². The minimum atomic E-state index is -3.65. The van der Waals surface area contributed by atoms with Gasteiger partial charge >= 0.3 is 6.09 Å². The van der Waals surface area contributed by atoms with Crippen LogP contribution in [0.25, 0.3) is 20.8 Å². The lowest BCUT2D eigenvalue weighted by Gasteiger charge is -2.26. The average molecular weight is 627 g/mol. The summed E-state index contributed by atoms with van der Waals surface area (Å²) in [5.41, 5.74) is 3.18. The fourth-order valence-corrected chi connectivity index (χ4v) is 9.01. The molecule has 0 spiro atoms. The van der Waals surface area contributed by atoms with Crippen molar-refractivity contribution in [2.24, 2.45) is 0 Å². The van der Waals surface area contributed by atoms with Crippen LogP contribution in [0.3, 0.4) is 0 Å². The summed E-state index contributed by atoms with van der Waals surface area (Å²) < 4.78 is 34.1. The number of anilines is 1. The number of nitrogens with zero attached hydrogens (tertiary/aromatic N) is 3. The lowest BCUT2D eigenvalue weighted by Crippen LogP contribution is -2.35.